The molecule has 0 saturated heterocycles. The van der Waals surface area contributed by atoms with Crippen molar-refractivity contribution in [3.05, 3.63) is 57.8 Å². The van der Waals surface area contributed by atoms with E-state index in [1.807, 2.05) is 0 Å². The number of halogens is 5. The Morgan fingerprint density at radius 3 is 2.33 bits per heavy atom. The molecular weight excluding hydrogens is 326 g/mol. The van der Waals surface area contributed by atoms with E-state index in [0.29, 0.717) is 11.3 Å². The van der Waals surface area contributed by atoms with E-state index in [9.17, 15) is 13.2 Å². The molecule has 7 heteroatoms. The quantitative estimate of drug-likeness (QED) is 0.795. The summed E-state index contributed by atoms with van der Waals surface area (Å²) in [6.45, 7) is -2.77. The van der Waals surface area contributed by atoms with E-state index in [2.05, 4.69) is 10.1 Å². The molecule has 0 radical (unpaired) electrons. The van der Waals surface area contributed by atoms with Gasteiger partial charge in [0.1, 0.15) is 11.6 Å². The number of anilines is 1. The third-order valence-electron chi connectivity index (χ3n) is 2.65. The van der Waals surface area contributed by atoms with Crippen molar-refractivity contribution in [2.45, 2.75) is 13.2 Å². The lowest BCUT2D eigenvalue weighted by Gasteiger charge is -2.14. The van der Waals surface area contributed by atoms with Crippen LogP contribution in [-0.4, -0.2) is 6.61 Å². The molecule has 0 unspecified atom stereocenters. The van der Waals surface area contributed by atoms with Crippen molar-refractivity contribution in [1.82, 2.24) is 0 Å². The maximum absolute atomic E-state index is 13.1. The zero-order chi connectivity index (χ0) is 15.4. The molecule has 2 aromatic rings. The highest BCUT2D eigenvalue weighted by Crippen LogP contribution is 2.32. The second-order valence-electron chi connectivity index (χ2n) is 4.08. The Kier molecular flexibility index (Phi) is 5.20. The van der Waals surface area contributed by atoms with Gasteiger partial charge < -0.3 is 10.1 Å². The number of rotatable bonds is 5. The van der Waals surface area contributed by atoms with Crippen molar-refractivity contribution in [3.63, 3.8) is 0 Å². The molecule has 2 nitrogen and oxygen atoms in total. The lowest BCUT2D eigenvalue weighted by atomic mass is 10.2. The summed E-state index contributed by atoms with van der Waals surface area (Å²) in [6, 6.07) is 8.53. The van der Waals surface area contributed by atoms with Crippen LogP contribution in [-0.2, 0) is 6.54 Å². The summed E-state index contributed by atoms with van der Waals surface area (Å²) in [5.41, 5.74) is 0.820. The maximum Gasteiger partial charge on any atom is 0.387 e. The fourth-order valence-corrected chi connectivity index (χ4v) is 2.35. The first-order valence-electron chi connectivity index (χ1n) is 5.88. The van der Waals surface area contributed by atoms with Crippen LogP contribution in [0.2, 0.25) is 10.0 Å². The van der Waals surface area contributed by atoms with Crippen LogP contribution >= 0.6 is 23.2 Å². The molecule has 0 spiro atoms. The van der Waals surface area contributed by atoms with Gasteiger partial charge in [0.05, 0.1) is 15.7 Å². The highest BCUT2D eigenvalue weighted by Gasteiger charge is 2.11. The number of hydrogen-bond acceptors (Lipinski definition) is 2. The summed E-state index contributed by atoms with van der Waals surface area (Å²) in [6.07, 6.45) is 0. The van der Waals surface area contributed by atoms with E-state index in [-0.39, 0.29) is 22.3 Å². The minimum Gasteiger partial charge on any atom is -0.434 e. The van der Waals surface area contributed by atoms with Gasteiger partial charge in [0, 0.05) is 12.1 Å². The second kappa shape index (κ2) is 6.91. The van der Waals surface area contributed by atoms with E-state index in [1.165, 1.54) is 6.07 Å². The molecule has 0 fully saturated rings. The van der Waals surface area contributed by atoms with Crippen LogP contribution in [0.4, 0.5) is 18.9 Å². The van der Waals surface area contributed by atoms with Crippen LogP contribution in [0.3, 0.4) is 0 Å². The SMILES string of the molecule is Fc1cc(Cl)c(NCc2ccccc2OC(F)F)c(Cl)c1. The molecule has 1 N–H and O–H groups in total. The van der Waals surface area contributed by atoms with E-state index in [0.717, 1.165) is 12.1 Å². The standard InChI is InChI=1S/C14H10Cl2F3NO/c15-10-5-9(17)6-11(16)13(10)20-7-8-3-1-2-4-12(8)21-14(18)19/h1-6,14,20H,7H2. The largest absolute Gasteiger partial charge is 0.434 e. The van der Waals surface area contributed by atoms with Gasteiger partial charge in [-0.15, -0.1) is 0 Å². The highest BCUT2D eigenvalue weighted by molar-refractivity contribution is 6.39. The van der Waals surface area contributed by atoms with Crippen molar-refractivity contribution in [2.75, 3.05) is 5.32 Å². The minimum absolute atomic E-state index is 0.0503. The number of hydrogen-bond donors (Lipinski definition) is 1. The molecule has 2 aromatic carbocycles. The third-order valence-corrected chi connectivity index (χ3v) is 3.25. The summed E-state index contributed by atoms with van der Waals surface area (Å²) >= 11 is 11.8. The van der Waals surface area contributed by atoms with E-state index >= 15 is 0 Å². The molecule has 0 aliphatic carbocycles. The fraction of sp³-hybridized carbons (Fsp3) is 0.143. The topological polar surface area (TPSA) is 21.3 Å². The predicted octanol–water partition coefficient (Wildman–Crippen LogP) is 5.35. The minimum atomic E-state index is -2.91. The van der Waals surface area contributed by atoms with Gasteiger partial charge in [0.2, 0.25) is 0 Å². The van der Waals surface area contributed by atoms with Gasteiger partial charge in [-0.05, 0) is 18.2 Å². The number of benzene rings is 2. The lowest BCUT2D eigenvalue weighted by Crippen LogP contribution is -2.07. The van der Waals surface area contributed by atoms with Crippen LogP contribution in [0, 0.1) is 5.82 Å². The van der Waals surface area contributed by atoms with E-state index in [4.69, 9.17) is 23.2 Å². The van der Waals surface area contributed by atoms with Gasteiger partial charge in [-0.25, -0.2) is 4.39 Å². The molecule has 0 aromatic heterocycles. The van der Waals surface area contributed by atoms with Crippen molar-refractivity contribution in [1.29, 1.82) is 0 Å². The van der Waals surface area contributed by atoms with Crippen molar-refractivity contribution in [3.8, 4) is 5.75 Å². The maximum atomic E-state index is 13.1. The molecule has 0 heterocycles. The van der Waals surface area contributed by atoms with Gasteiger partial charge in [0.25, 0.3) is 0 Å². The average molecular weight is 336 g/mol. The average Bonchev–Trinajstić information content (AvgIpc) is 2.38. The molecule has 0 amide bonds. The summed E-state index contributed by atoms with van der Waals surface area (Å²) in [7, 11) is 0. The molecular formula is C14H10Cl2F3NO. The van der Waals surface area contributed by atoms with Crippen molar-refractivity contribution < 1.29 is 17.9 Å². The molecule has 0 aliphatic rings. The van der Waals surface area contributed by atoms with Gasteiger partial charge in [-0.3, -0.25) is 0 Å². The summed E-state index contributed by atoms with van der Waals surface area (Å²) in [4.78, 5) is 0. The molecule has 0 bridgehead atoms. The Morgan fingerprint density at radius 1 is 1.10 bits per heavy atom. The summed E-state index contributed by atoms with van der Waals surface area (Å²) in [5.74, 6) is -0.508. The van der Waals surface area contributed by atoms with Crippen molar-refractivity contribution >= 4 is 28.9 Å². The predicted molar refractivity (Wildman–Crippen MR) is 76.8 cm³/mol. The van der Waals surface area contributed by atoms with Crippen LogP contribution < -0.4 is 10.1 Å². The summed E-state index contributed by atoms with van der Waals surface area (Å²) < 4.78 is 42.1. The van der Waals surface area contributed by atoms with Gasteiger partial charge in [-0.2, -0.15) is 8.78 Å². The number of para-hydroxylation sites is 1. The van der Waals surface area contributed by atoms with Crippen LogP contribution in [0.5, 0.6) is 5.75 Å². The monoisotopic (exact) mass is 335 g/mol. The first-order chi connectivity index (χ1) is 9.97. The Hall–Kier alpha value is -1.59. The number of ether oxygens (including phenoxy) is 1. The first-order valence-corrected chi connectivity index (χ1v) is 6.64. The molecule has 0 saturated carbocycles. The zero-order valence-electron chi connectivity index (χ0n) is 10.5. The fourth-order valence-electron chi connectivity index (χ4n) is 1.76. The number of nitrogens with one attached hydrogen (secondary N) is 1. The lowest BCUT2D eigenvalue weighted by molar-refractivity contribution is -0.0504. The number of alkyl halides is 2. The smallest absolute Gasteiger partial charge is 0.387 e. The molecule has 0 atom stereocenters. The van der Waals surface area contributed by atoms with E-state index < -0.39 is 12.4 Å². The molecule has 0 aliphatic heterocycles. The highest BCUT2D eigenvalue weighted by atomic mass is 35.5. The first kappa shape index (κ1) is 15.8. The third kappa shape index (κ3) is 4.19. The zero-order valence-corrected chi connectivity index (χ0v) is 12.1. The van der Waals surface area contributed by atoms with Gasteiger partial charge >= 0.3 is 6.61 Å². The van der Waals surface area contributed by atoms with Gasteiger partial charge in [-0.1, -0.05) is 41.4 Å². The van der Waals surface area contributed by atoms with Crippen LogP contribution in [0.25, 0.3) is 0 Å². The van der Waals surface area contributed by atoms with Gasteiger partial charge in [0.15, 0.2) is 0 Å². The van der Waals surface area contributed by atoms with Crippen LogP contribution in [0.15, 0.2) is 36.4 Å². The Bertz CT molecular complexity index is 614. The Morgan fingerprint density at radius 2 is 1.71 bits per heavy atom. The van der Waals surface area contributed by atoms with Crippen molar-refractivity contribution in [2.24, 2.45) is 0 Å². The van der Waals surface area contributed by atoms with Crippen LogP contribution in [0.1, 0.15) is 5.56 Å². The van der Waals surface area contributed by atoms with E-state index in [1.54, 1.807) is 18.2 Å². The molecule has 112 valence electrons. The summed E-state index contributed by atoms with van der Waals surface area (Å²) in [5, 5.41) is 3.09. The normalized spacial score (nSPS) is 10.8. The Balaban J connectivity index is 2.17. The Labute approximate surface area is 129 Å². The molecule has 21 heavy (non-hydrogen) atoms. The molecule has 2 rings (SSSR count). The second-order valence-corrected chi connectivity index (χ2v) is 4.90.